The molecule has 1 aliphatic rings. The van der Waals surface area contributed by atoms with Gasteiger partial charge in [-0.15, -0.1) is 0 Å². The van der Waals surface area contributed by atoms with Gasteiger partial charge in [-0.3, -0.25) is 9.59 Å². The molecule has 1 atom stereocenters. The zero-order chi connectivity index (χ0) is 15.2. The van der Waals surface area contributed by atoms with Crippen molar-refractivity contribution in [2.24, 2.45) is 0 Å². The summed E-state index contributed by atoms with van der Waals surface area (Å²) in [5.41, 5.74) is -0.265. The van der Waals surface area contributed by atoms with Gasteiger partial charge in [0.25, 0.3) is 5.56 Å². The Balaban J connectivity index is 2.14. The summed E-state index contributed by atoms with van der Waals surface area (Å²) in [7, 11) is 0. The summed E-state index contributed by atoms with van der Waals surface area (Å²) in [6, 6.07) is 1.45. The molecule has 1 aliphatic heterocycles. The van der Waals surface area contributed by atoms with E-state index >= 15 is 0 Å². The van der Waals surface area contributed by atoms with Crippen LogP contribution in [0, 0.1) is 0 Å². The summed E-state index contributed by atoms with van der Waals surface area (Å²) in [6.07, 6.45) is 1.03. The molecule has 7 heteroatoms. The van der Waals surface area contributed by atoms with Crippen molar-refractivity contribution in [1.82, 2.24) is 9.97 Å². The van der Waals surface area contributed by atoms with Crippen molar-refractivity contribution in [2.75, 3.05) is 31.2 Å². The maximum absolute atomic E-state index is 11.7. The van der Waals surface area contributed by atoms with Crippen molar-refractivity contribution < 1.29 is 14.3 Å². The number of anilines is 1. The summed E-state index contributed by atoms with van der Waals surface area (Å²) in [5, 5.41) is 0. The molecule has 1 N–H and O–H groups in total. The molecule has 1 aromatic rings. The van der Waals surface area contributed by atoms with Crippen LogP contribution in [0.3, 0.4) is 0 Å². The third-order valence-electron chi connectivity index (χ3n) is 3.31. The molecule has 2 heterocycles. The van der Waals surface area contributed by atoms with Gasteiger partial charge in [0.15, 0.2) is 0 Å². The highest BCUT2D eigenvalue weighted by molar-refractivity contribution is 5.71. The molecule has 2 rings (SSSR count). The number of morpholine rings is 1. The largest absolute Gasteiger partial charge is 0.466 e. The summed E-state index contributed by atoms with van der Waals surface area (Å²) in [5.74, 6) is 0.515. The first kappa shape index (κ1) is 15.5. The molecular weight excluding hydrogens is 274 g/mol. The SMILES string of the molecule is CCOC(=O)Cc1nc(N2CCOC(CC)C2)cc(=O)[nH]1. The molecule has 7 nitrogen and oxygen atoms in total. The smallest absolute Gasteiger partial charge is 0.313 e. The van der Waals surface area contributed by atoms with Gasteiger partial charge in [-0.25, -0.2) is 4.98 Å². The predicted octanol–water partition coefficient (Wildman–Crippen LogP) is 0.491. The number of rotatable bonds is 5. The number of aromatic amines is 1. The van der Waals surface area contributed by atoms with Crippen molar-refractivity contribution in [3.63, 3.8) is 0 Å². The van der Waals surface area contributed by atoms with Gasteiger partial charge in [0, 0.05) is 19.2 Å². The van der Waals surface area contributed by atoms with Gasteiger partial charge >= 0.3 is 5.97 Å². The first-order valence-corrected chi connectivity index (χ1v) is 7.24. The number of nitrogens with zero attached hydrogens (tertiary/aromatic N) is 2. The Morgan fingerprint density at radius 2 is 2.38 bits per heavy atom. The standard InChI is InChI=1S/C14H21N3O4/c1-3-10-9-17(5-6-21-10)12-8-13(18)16-11(15-12)7-14(19)20-4-2/h8,10H,3-7,9H2,1-2H3,(H,15,16,18). The van der Waals surface area contributed by atoms with Crippen molar-refractivity contribution >= 4 is 11.8 Å². The molecule has 0 bridgehead atoms. The average Bonchev–Trinajstić information content (AvgIpc) is 2.47. The number of hydrogen-bond acceptors (Lipinski definition) is 6. The van der Waals surface area contributed by atoms with Gasteiger partial charge in [-0.05, 0) is 13.3 Å². The second-order valence-corrected chi connectivity index (χ2v) is 4.88. The van der Waals surface area contributed by atoms with E-state index in [1.165, 1.54) is 6.07 Å². The summed E-state index contributed by atoms with van der Waals surface area (Å²) < 4.78 is 10.5. The molecule has 0 saturated carbocycles. The molecule has 1 saturated heterocycles. The second-order valence-electron chi connectivity index (χ2n) is 4.88. The quantitative estimate of drug-likeness (QED) is 0.796. The molecular formula is C14H21N3O4. The van der Waals surface area contributed by atoms with Crippen molar-refractivity contribution in [1.29, 1.82) is 0 Å². The van der Waals surface area contributed by atoms with Crippen LogP contribution in [0.4, 0.5) is 5.82 Å². The Labute approximate surface area is 123 Å². The fraction of sp³-hybridized carbons (Fsp3) is 0.643. The molecule has 0 amide bonds. The van der Waals surface area contributed by atoms with E-state index in [0.717, 1.165) is 6.42 Å². The van der Waals surface area contributed by atoms with E-state index in [1.807, 2.05) is 4.90 Å². The van der Waals surface area contributed by atoms with E-state index in [1.54, 1.807) is 6.92 Å². The number of H-pyrrole nitrogens is 1. The Bertz CT molecular complexity index is 543. The third-order valence-corrected chi connectivity index (χ3v) is 3.31. The zero-order valence-electron chi connectivity index (χ0n) is 12.4. The number of carbonyl (C=O) groups excluding carboxylic acids is 1. The Morgan fingerprint density at radius 1 is 1.57 bits per heavy atom. The normalized spacial score (nSPS) is 18.6. The van der Waals surface area contributed by atoms with Gasteiger partial charge in [-0.1, -0.05) is 6.92 Å². The van der Waals surface area contributed by atoms with Crippen LogP contribution in [-0.2, 0) is 20.7 Å². The van der Waals surface area contributed by atoms with E-state index < -0.39 is 5.97 Å². The number of esters is 1. The summed E-state index contributed by atoms with van der Waals surface area (Å²) in [6.45, 7) is 6.11. The highest BCUT2D eigenvalue weighted by atomic mass is 16.5. The molecule has 0 aromatic carbocycles. The van der Waals surface area contributed by atoms with Crippen molar-refractivity contribution in [3.05, 3.63) is 22.2 Å². The summed E-state index contributed by atoms with van der Waals surface area (Å²) in [4.78, 5) is 32.2. The Kier molecular flexibility index (Phi) is 5.32. The first-order valence-electron chi connectivity index (χ1n) is 7.24. The molecule has 0 aliphatic carbocycles. The molecule has 1 aromatic heterocycles. The monoisotopic (exact) mass is 295 g/mol. The fourth-order valence-electron chi connectivity index (χ4n) is 2.26. The van der Waals surface area contributed by atoms with Gasteiger partial charge in [0.05, 0.1) is 19.3 Å². The lowest BCUT2D eigenvalue weighted by atomic mass is 10.2. The van der Waals surface area contributed by atoms with Crippen LogP contribution in [0.25, 0.3) is 0 Å². The van der Waals surface area contributed by atoms with Gasteiger partial charge in [-0.2, -0.15) is 0 Å². The lowest BCUT2D eigenvalue weighted by Crippen LogP contribution is -2.43. The average molecular weight is 295 g/mol. The molecule has 0 radical (unpaired) electrons. The van der Waals surface area contributed by atoms with Crippen LogP contribution in [0.2, 0.25) is 0 Å². The van der Waals surface area contributed by atoms with Crippen LogP contribution in [0.5, 0.6) is 0 Å². The molecule has 116 valence electrons. The fourth-order valence-corrected chi connectivity index (χ4v) is 2.26. The van der Waals surface area contributed by atoms with Crippen molar-refractivity contribution in [2.45, 2.75) is 32.8 Å². The second kappa shape index (κ2) is 7.21. The van der Waals surface area contributed by atoms with Crippen LogP contribution in [-0.4, -0.2) is 48.3 Å². The van der Waals surface area contributed by atoms with Gasteiger partial charge < -0.3 is 19.4 Å². The highest BCUT2D eigenvalue weighted by Gasteiger charge is 2.21. The Hall–Kier alpha value is -1.89. The zero-order valence-corrected chi connectivity index (χ0v) is 12.4. The topological polar surface area (TPSA) is 84.5 Å². The maximum Gasteiger partial charge on any atom is 0.313 e. The number of nitrogens with one attached hydrogen (secondary N) is 1. The number of carbonyl (C=O) groups is 1. The summed E-state index contributed by atoms with van der Waals surface area (Å²) >= 11 is 0. The Morgan fingerprint density at radius 3 is 3.10 bits per heavy atom. The minimum Gasteiger partial charge on any atom is -0.466 e. The number of hydrogen-bond donors (Lipinski definition) is 1. The van der Waals surface area contributed by atoms with Crippen LogP contribution in [0.1, 0.15) is 26.1 Å². The lowest BCUT2D eigenvalue weighted by Gasteiger charge is -2.33. The minimum atomic E-state index is -0.397. The van der Waals surface area contributed by atoms with Gasteiger partial charge in [0.1, 0.15) is 18.1 Å². The van der Waals surface area contributed by atoms with Crippen LogP contribution < -0.4 is 10.5 Å². The molecule has 21 heavy (non-hydrogen) atoms. The number of ether oxygens (including phenoxy) is 2. The molecule has 1 unspecified atom stereocenters. The van der Waals surface area contributed by atoms with Crippen molar-refractivity contribution in [3.8, 4) is 0 Å². The molecule has 0 spiro atoms. The highest BCUT2D eigenvalue weighted by Crippen LogP contribution is 2.15. The predicted molar refractivity (Wildman–Crippen MR) is 77.4 cm³/mol. The maximum atomic E-state index is 11.7. The number of aromatic nitrogens is 2. The van der Waals surface area contributed by atoms with E-state index in [4.69, 9.17) is 9.47 Å². The minimum absolute atomic E-state index is 0.0293. The van der Waals surface area contributed by atoms with Crippen LogP contribution in [0.15, 0.2) is 10.9 Å². The van der Waals surface area contributed by atoms with E-state index in [9.17, 15) is 9.59 Å². The lowest BCUT2D eigenvalue weighted by molar-refractivity contribution is -0.142. The van der Waals surface area contributed by atoms with Gasteiger partial charge in [0.2, 0.25) is 0 Å². The van der Waals surface area contributed by atoms with E-state index in [0.29, 0.717) is 37.9 Å². The molecule has 1 fully saturated rings. The van der Waals surface area contributed by atoms with E-state index in [-0.39, 0.29) is 18.1 Å². The third kappa shape index (κ3) is 4.29. The first-order chi connectivity index (χ1) is 10.1. The van der Waals surface area contributed by atoms with E-state index in [2.05, 4.69) is 16.9 Å². The van der Waals surface area contributed by atoms with Crippen LogP contribution >= 0.6 is 0 Å².